The highest BCUT2D eigenvalue weighted by atomic mass is 32.2. The third kappa shape index (κ3) is 4.77. The Labute approximate surface area is 103 Å². The number of thioether (sulfide) groups is 1. The molecule has 4 nitrogen and oxygen atoms in total. The molecule has 17 heavy (non-hydrogen) atoms. The van der Waals surface area contributed by atoms with E-state index >= 15 is 0 Å². The van der Waals surface area contributed by atoms with Gasteiger partial charge in [0.25, 0.3) is 5.92 Å². The van der Waals surface area contributed by atoms with E-state index < -0.39 is 36.4 Å². The number of nitrogens with two attached hydrogens (primary N) is 1. The molecule has 0 aliphatic heterocycles. The number of alkyl halides is 2. The number of carboxylic acid groups (broad SMARTS) is 1. The Morgan fingerprint density at radius 1 is 1.41 bits per heavy atom. The van der Waals surface area contributed by atoms with Gasteiger partial charge in [0.15, 0.2) is 0 Å². The van der Waals surface area contributed by atoms with Crippen molar-refractivity contribution in [3.05, 3.63) is 0 Å². The van der Waals surface area contributed by atoms with Gasteiger partial charge >= 0.3 is 5.97 Å². The smallest absolute Gasteiger partial charge is 0.320 e. The van der Waals surface area contributed by atoms with Crippen molar-refractivity contribution in [2.45, 2.75) is 43.2 Å². The van der Waals surface area contributed by atoms with Gasteiger partial charge in [-0.05, 0) is 24.3 Å². The van der Waals surface area contributed by atoms with Crippen molar-refractivity contribution >= 4 is 17.7 Å². The van der Waals surface area contributed by atoms with Gasteiger partial charge in [0.05, 0.1) is 5.60 Å². The van der Waals surface area contributed by atoms with Crippen LogP contribution < -0.4 is 5.73 Å². The zero-order valence-corrected chi connectivity index (χ0v) is 10.2. The molecule has 1 saturated carbocycles. The maximum atomic E-state index is 12.6. The van der Waals surface area contributed by atoms with Crippen LogP contribution in [0, 0.1) is 0 Å². The van der Waals surface area contributed by atoms with E-state index in [1.807, 2.05) is 0 Å². The lowest BCUT2D eigenvalue weighted by Crippen LogP contribution is -2.51. The molecule has 0 amide bonds. The molecule has 1 fully saturated rings. The van der Waals surface area contributed by atoms with Crippen LogP contribution in [0.5, 0.6) is 0 Å². The number of hydrogen-bond acceptors (Lipinski definition) is 4. The highest BCUT2D eigenvalue weighted by molar-refractivity contribution is 7.99. The Morgan fingerprint density at radius 3 is 2.47 bits per heavy atom. The number of halogens is 2. The second kappa shape index (κ2) is 5.49. The fourth-order valence-electron chi connectivity index (χ4n) is 1.79. The molecule has 0 bridgehead atoms. The molecule has 0 aromatic heterocycles. The molecule has 0 radical (unpaired) electrons. The Hall–Kier alpha value is -0.400. The van der Waals surface area contributed by atoms with Crippen LogP contribution in [0.1, 0.15) is 25.7 Å². The van der Waals surface area contributed by atoms with Gasteiger partial charge in [-0.15, -0.1) is 0 Å². The number of rotatable bonds is 7. The van der Waals surface area contributed by atoms with Crippen molar-refractivity contribution in [3.8, 4) is 0 Å². The van der Waals surface area contributed by atoms with Gasteiger partial charge < -0.3 is 15.9 Å². The van der Waals surface area contributed by atoms with Gasteiger partial charge in [0, 0.05) is 12.8 Å². The summed E-state index contributed by atoms with van der Waals surface area (Å²) in [6.45, 7) is 0. The van der Waals surface area contributed by atoms with Gasteiger partial charge in [-0.2, -0.15) is 11.8 Å². The first-order chi connectivity index (χ1) is 7.74. The maximum Gasteiger partial charge on any atom is 0.320 e. The van der Waals surface area contributed by atoms with Crippen molar-refractivity contribution in [3.63, 3.8) is 0 Å². The molecule has 1 rings (SSSR count). The van der Waals surface area contributed by atoms with Gasteiger partial charge in [0.1, 0.15) is 6.04 Å². The number of hydrogen-bond donors (Lipinski definition) is 3. The summed E-state index contributed by atoms with van der Waals surface area (Å²) in [5.74, 6) is -2.66. The first-order valence-electron chi connectivity index (χ1n) is 5.40. The standard InChI is InChI=1S/C10H17F2NO3S/c11-10(12)5-9(16,6-10)2-4-17-3-1-7(13)8(14)15/h7,16H,1-6,13H2,(H,14,15). The second-order valence-corrected chi connectivity index (χ2v) is 5.75. The summed E-state index contributed by atoms with van der Waals surface area (Å²) in [5, 5.41) is 18.1. The molecular weight excluding hydrogens is 252 g/mol. The van der Waals surface area contributed by atoms with Crippen LogP contribution in [0.15, 0.2) is 0 Å². The van der Waals surface area contributed by atoms with Crippen molar-refractivity contribution in [2.75, 3.05) is 11.5 Å². The molecule has 0 heterocycles. The van der Waals surface area contributed by atoms with E-state index in [1.54, 1.807) is 0 Å². The molecule has 0 aromatic carbocycles. The molecule has 7 heteroatoms. The minimum atomic E-state index is -2.72. The largest absolute Gasteiger partial charge is 0.480 e. The predicted molar refractivity (Wildman–Crippen MR) is 61.3 cm³/mol. The molecule has 1 aliphatic carbocycles. The maximum absolute atomic E-state index is 12.6. The normalized spacial score (nSPS) is 22.8. The fraction of sp³-hybridized carbons (Fsp3) is 0.900. The summed E-state index contributed by atoms with van der Waals surface area (Å²) >= 11 is 1.43. The summed E-state index contributed by atoms with van der Waals surface area (Å²) in [6, 6.07) is -0.876. The van der Waals surface area contributed by atoms with Crippen LogP contribution >= 0.6 is 11.8 Å². The number of carboxylic acids is 1. The zero-order valence-electron chi connectivity index (χ0n) is 9.36. The first kappa shape index (κ1) is 14.7. The third-order valence-electron chi connectivity index (χ3n) is 2.78. The average Bonchev–Trinajstić information content (AvgIpc) is 2.13. The number of aliphatic hydroxyl groups is 1. The molecule has 0 spiro atoms. The molecule has 1 unspecified atom stereocenters. The predicted octanol–water partition coefficient (Wildman–Crippen LogP) is 1.07. The molecule has 1 atom stereocenters. The highest BCUT2D eigenvalue weighted by Crippen LogP contribution is 2.47. The zero-order chi connectivity index (χ0) is 13.1. The fourth-order valence-corrected chi connectivity index (χ4v) is 2.93. The van der Waals surface area contributed by atoms with Crippen molar-refractivity contribution < 1.29 is 23.8 Å². The lowest BCUT2D eigenvalue weighted by atomic mass is 9.75. The monoisotopic (exact) mass is 269 g/mol. The summed E-state index contributed by atoms with van der Waals surface area (Å²) in [6.07, 6.45) is -0.269. The quantitative estimate of drug-likeness (QED) is 0.602. The third-order valence-corrected chi connectivity index (χ3v) is 3.79. The minimum absolute atomic E-state index is 0.315. The van der Waals surface area contributed by atoms with E-state index in [2.05, 4.69) is 0 Å². The van der Waals surface area contributed by atoms with Gasteiger partial charge in [0.2, 0.25) is 0 Å². The van der Waals surface area contributed by atoms with Gasteiger partial charge in [-0.25, -0.2) is 8.78 Å². The highest BCUT2D eigenvalue weighted by Gasteiger charge is 2.55. The number of aliphatic carboxylic acids is 1. The lowest BCUT2D eigenvalue weighted by molar-refractivity contribution is -0.204. The first-order valence-corrected chi connectivity index (χ1v) is 6.56. The van der Waals surface area contributed by atoms with Crippen LogP contribution in [0.25, 0.3) is 0 Å². The van der Waals surface area contributed by atoms with E-state index in [0.29, 0.717) is 24.3 Å². The van der Waals surface area contributed by atoms with E-state index in [1.165, 1.54) is 11.8 Å². The molecular formula is C10H17F2NO3S. The average molecular weight is 269 g/mol. The second-order valence-electron chi connectivity index (χ2n) is 4.53. The summed E-state index contributed by atoms with van der Waals surface area (Å²) < 4.78 is 25.1. The van der Waals surface area contributed by atoms with Crippen LogP contribution in [0.2, 0.25) is 0 Å². The summed E-state index contributed by atoms with van der Waals surface area (Å²) in [7, 11) is 0. The molecule has 4 N–H and O–H groups in total. The summed E-state index contributed by atoms with van der Waals surface area (Å²) in [4.78, 5) is 10.4. The van der Waals surface area contributed by atoms with Crippen molar-refractivity contribution in [1.82, 2.24) is 0 Å². The van der Waals surface area contributed by atoms with Crippen LogP contribution in [-0.2, 0) is 4.79 Å². The topological polar surface area (TPSA) is 83.5 Å². The minimum Gasteiger partial charge on any atom is -0.480 e. The molecule has 0 aromatic rings. The van der Waals surface area contributed by atoms with E-state index in [4.69, 9.17) is 10.8 Å². The Kier molecular flexibility index (Phi) is 4.74. The van der Waals surface area contributed by atoms with Crippen LogP contribution in [0.4, 0.5) is 8.78 Å². The van der Waals surface area contributed by atoms with Gasteiger partial charge in [-0.1, -0.05) is 0 Å². The Balaban J connectivity index is 2.04. The molecule has 1 aliphatic rings. The van der Waals surface area contributed by atoms with E-state index in [0.717, 1.165) is 0 Å². The number of carbonyl (C=O) groups is 1. The lowest BCUT2D eigenvalue weighted by Gasteiger charge is -2.43. The SMILES string of the molecule is NC(CCSCCC1(O)CC(F)(F)C1)C(=O)O. The Morgan fingerprint density at radius 2 is 2.00 bits per heavy atom. The molecule has 100 valence electrons. The van der Waals surface area contributed by atoms with Crippen molar-refractivity contribution in [2.24, 2.45) is 5.73 Å². The molecule has 0 saturated heterocycles. The summed E-state index contributed by atoms with van der Waals surface area (Å²) in [5.41, 5.74) is 4.07. The van der Waals surface area contributed by atoms with Crippen LogP contribution in [0.3, 0.4) is 0 Å². The van der Waals surface area contributed by atoms with E-state index in [-0.39, 0.29) is 0 Å². The van der Waals surface area contributed by atoms with Crippen LogP contribution in [-0.4, -0.2) is 45.3 Å². The van der Waals surface area contributed by atoms with Crippen molar-refractivity contribution in [1.29, 1.82) is 0 Å². The van der Waals surface area contributed by atoms with Gasteiger partial charge in [-0.3, -0.25) is 4.79 Å². The Bertz CT molecular complexity index is 281. The van der Waals surface area contributed by atoms with E-state index in [9.17, 15) is 18.7 Å².